The van der Waals surface area contributed by atoms with E-state index in [1.165, 1.54) is 4.57 Å². The number of imidazole rings is 1. The summed E-state index contributed by atoms with van der Waals surface area (Å²) in [6, 6.07) is 12.8. The summed E-state index contributed by atoms with van der Waals surface area (Å²) >= 11 is 5.82. The molecule has 0 bridgehead atoms. The minimum atomic E-state index is -0.349. The zero-order valence-corrected chi connectivity index (χ0v) is 13.3. The molecular weight excluding hydrogens is 326 g/mol. The number of hydrogen-bond acceptors (Lipinski definition) is 4. The molecule has 2 aliphatic rings. The number of pyridine rings is 3. The Balaban J connectivity index is 1.79. The van der Waals surface area contributed by atoms with Crippen LogP contribution < -0.4 is 5.69 Å². The molecule has 2 aliphatic heterocycles. The van der Waals surface area contributed by atoms with Crippen LogP contribution in [0.3, 0.4) is 0 Å². The van der Waals surface area contributed by atoms with Crippen molar-refractivity contribution in [2.75, 3.05) is 0 Å². The predicted molar refractivity (Wildman–Crippen MR) is 90.6 cm³/mol. The summed E-state index contributed by atoms with van der Waals surface area (Å²) < 4.78 is 3.41. The summed E-state index contributed by atoms with van der Waals surface area (Å²) in [6.45, 7) is 0.542. The molecule has 0 aliphatic carbocycles. The first-order chi connectivity index (χ1) is 11.7. The van der Waals surface area contributed by atoms with Crippen molar-refractivity contribution < 1.29 is 0 Å². The van der Waals surface area contributed by atoms with E-state index in [4.69, 9.17) is 11.6 Å². The topological polar surface area (TPSA) is 65.6 Å². The number of fused-ring (bicyclic) bond motifs is 1. The minimum Gasteiger partial charge on any atom is -0.327 e. The van der Waals surface area contributed by atoms with Crippen LogP contribution in [0, 0.1) is 0 Å². The highest BCUT2D eigenvalue weighted by atomic mass is 35.5. The molecule has 0 N–H and O–H groups in total. The van der Waals surface area contributed by atoms with E-state index >= 15 is 0 Å². The van der Waals surface area contributed by atoms with Crippen LogP contribution in [0.1, 0.15) is 5.56 Å². The largest absolute Gasteiger partial charge is 0.356 e. The molecule has 0 fully saturated rings. The zero-order chi connectivity index (χ0) is 16.5. The van der Waals surface area contributed by atoms with Gasteiger partial charge in [0, 0.05) is 18.6 Å². The van der Waals surface area contributed by atoms with Gasteiger partial charge in [0.1, 0.15) is 11.0 Å². The molecule has 0 atom stereocenters. The van der Waals surface area contributed by atoms with Crippen LogP contribution in [-0.4, -0.2) is 24.1 Å². The highest BCUT2D eigenvalue weighted by Crippen LogP contribution is 2.21. The second kappa shape index (κ2) is 5.90. The lowest BCUT2D eigenvalue weighted by atomic mass is 10.2. The lowest BCUT2D eigenvalue weighted by Crippen LogP contribution is -2.15. The van der Waals surface area contributed by atoms with Crippen molar-refractivity contribution in [1.82, 2.24) is 24.1 Å². The van der Waals surface area contributed by atoms with Crippen LogP contribution in [0.25, 0.3) is 17.3 Å². The summed E-state index contributed by atoms with van der Waals surface area (Å²) in [6.07, 6.45) is 5.24. The maximum Gasteiger partial charge on any atom is 0.356 e. The van der Waals surface area contributed by atoms with E-state index in [1.807, 2.05) is 35.0 Å². The summed E-state index contributed by atoms with van der Waals surface area (Å²) in [5, 5.41) is 0.447. The van der Waals surface area contributed by atoms with E-state index in [2.05, 4.69) is 15.0 Å². The van der Waals surface area contributed by atoms with Crippen LogP contribution in [-0.2, 0) is 6.54 Å². The molecule has 118 valence electrons. The summed E-state index contributed by atoms with van der Waals surface area (Å²) in [5.41, 5.74) is 1.33. The quantitative estimate of drug-likeness (QED) is 0.539. The molecule has 4 heterocycles. The molecule has 0 saturated carbocycles. The highest BCUT2D eigenvalue weighted by Gasteiger charge is 2.19. The van der Waals surface area contributed by atoms with Crippen LogP contribution in [0.4, 0.5) is 0 Å². The average molecular weight is 338 g/mol. The Morgan fingerprint density at radius 1 is 1.04 bits per heavy atom. The molecule has 7 heteroatoms. The fourth-order valence-corrected chi connectivity index (χ4v) is 2.71. The Kier molecular flexibility index (Phi) is 3.59. The molecule has 6 nitrogen and oxygen atoms in total. The van der Waals surface area contributed by atoms with Gasteiger partial charge >= 0.3 is 5.69 Å². The third-order valence-corrected chi connectivity index (χ3v) is 3.90. The van der Waals surface area contributed by atoms with Gasteiger partial charge < -0.3 is 4.57 Å². The Morgan fingerprint density at radius 3 is 2.71 bits per heavy atom. The molecule has 2 aromatic rings. The van der Waals surface area contributed by atoms with E-state index in [-0.39, 0.29) is 5.69 Å². The maximum atomic E-state index is 12.4. The van der Waals surface area contributed by atoms with Crippen LogP contribution in [0.15, 0.2) is 65.8 Å². The first-order valence-electron chi connectivity index (χ1n) is 7.32. The molecule has 24 heavy (non-hydrogen) atoms. The van der Waals surface area contributed by atoms with Crippen LogP contribution in [0.5, 0.6) is 0 Å². The smallest absolute Gasteiger partial charge is 0.327 e. The fourth-order valence-electron chi connectivity index (χ4n) is 2.60. The van der Waals surface area contributed by atoms with Gasteiger partial charge in [-0.3, -0.25) is 0 Å². The number of aromatic nitrogens is 5. The van der Waals surface area contributed by atoms with Gasteiger partial charge in [-0.05, 0) is 35.9 Å². The first-order valence-corrected chi connectivity index (χ1v) is 7.70. The molecule has 0 spiro atoms. The molecule has 2 aromatic heterocycles. The van der Waals surface area contributed by atoms with E-state index in [9.17, 15) is 4.79 Å². The van der Waals surface area contributed by atoms with Crippen molar-refractivity contribution in [3.63, 3.8) is 0 Å². The predicted octanol–water partition coefficient (Wildman–Crippen LogP) is 2.63. The number of nitrogens with zero attached hydrogens (tertiary/aromatic N) is 5. The molecule has 4 rings (SSSR count). The SMILES string of the molecule is O=c1nc2n(Cc3ccc(Cl)nc3)cccc-2n1-c1ccccn1. The number of halogens is 1. The molecule has 0 amide bonds. The Bertz CT molecular complexity index is 1010. The van der Waals surface area contributed by atoms with Gasteiger partial charge in [-0.2, -0.15) is 4.98 Å². The maximum absolute atomic E-state index is 12.4. The summed E-state index contributed by atoms with van der Waals surface area (Å²) in [7, 11) is 0. The first kappa shape index (κ1) is 14.6. The van der Waals surface area contributed by atoms with Crippen molar-refractivity contribution in [2.24, 2.45) is 0 Å². The van der Waals surface area contributed by atoms with Crippen LogP contribution >= 0.6 is 11.6 Å². The van der Waals surface area contributed by atoms with Gasteiger partial charge in [-0.1, -0.05) is 23.7 Å². The van der Waals surface area contributed by atoms with Crippen LogP contribution in [0.2, 0.25) is 5.15 Å². The van der Waals surface area contributed by atoms with Crippen molar-refractivity contribution in [1.29, 1.82) is 0 Å². The van der Waals surface area contributed by atoms with Gasteiger partial charge in [0.15, 0.2) is 5.82 Å². The van der Waals surface area contributed by atoms with Gasteiger partial charge in [0.25, 0.3) is 0 Å². The van der Waals surface area contributed by atoms with Crippen molar-refractivity contribution in [3.05, 3.63) is 82.3 Å². The third kappa shape index (κ3) is 2.57. The van der Waals surface area contributed by atoms with E-state index in [1.54, 1.807) is 30.6 Å². The lowest BCUT2D eigenvalue weighted by molar-refractivity contribution is 0.779. The summed E-state index contributed by atoms with van der Waals surface area (Å²) in [4.78, 5) is 24.9. The van der Waals surface area contributed by atoms with Crippen molar-refractivity contribution >= 4 is 11.6 Å². The number of rotatable bonds is 3. The molecule has 0 radical (unpaired) electrons. The van der Waals surface area contributed by atoms with Gasteiger partial charge in [0.2, 0.25) is 0 Å². The zero-order valence-electron chi connectivity index (χ0n) is 12.5. The fraction of sp³-hybridized carbons (Fsp3) is 0.0588. The molecule has 0 aromatic carbocycles. The highest BCUT2D eigenvalue weighted by molar-refractivity contribution is 6.29. The van der Waals surface area contributed by atoms with Gasteiger partial charge in [-0.25, -0.2) is 19.3 Å². The van der Waals surface area contributed by atoms with E-state index in [0.717, 1.165) is 5.56 Å². The third-order valence-electron chi connectivity index (χ3n) is 3.67. The monoisotopic (exact) mass is 337 g/mol. The standard InChI is InChI=1S/C17H12ClN5O/c18-14-7-6-12(10-20-14)11-22-9-3-4-13-16(22)21-17(24)23(13)15-5-1-2-8-19-15/h1-10H,11H2. The second-order valence-corrected chi connectivity index (χ2v) is 5.64. The summed E-state index contributed by atoms with van der Waals surface area (Å²) in [5.74, 6) is 1.15. The number of hydrogen-bond donors (Lipinski definition) is 0. The molecule has 0 unspecified atom stereocenters. The lowest BCUT2D eigenvalue weighted by Gasteiger charge is -2.12. The van der Waals surface area contributed by atoms with Gasteiger partial charge in [-0.15, -0.1) is 0 Å². The normalized spacial score (nSPS) is 11.0. The Hall–Kier alpha value is -2.99. The second-order valence-electron chi connectivity index (χ2n) is 5.25. The average Bonchev–Trinajstić information content (AvgIpc) is 2.95. The van der Waals surface area contributed by atoms with E-state index < -0.39 is 0 Å². The molecular formula is C17H12ClN5O. The Labute approximate surface area is 142 Å². The van der Waals surface area contributed by atoms with Gasteiger partial charge in [0.05, 0.1) is 12.2 Å². The minimum absolute atomic E-state index is 0.349. The molecule has 0 saturated heterocycles. The van der Waals surface area contributed by atoms with Crippen molar-refractivity contribution in [2.45, 2.75) is 6.54 Å². The van der Waals surface area contributed by atoms with E-state index in [0.29, 0.717) is 29.0 Å². The van der Waals surface area contributed by atoms with Crippen molar-refractivity contribution in [3.8, 4) is 17.3 Å². The Morgan fingerprint density at radius 2 is 1.96 bits per heavy atom.